The zero-order chi connectivity index (χ0) is 18.3. The summed E-state index contributed by atoms with van der Waals surface area (Å²) in [4.78, 5) is 20.0. The van der Waals surface area contributed by atoms with Gasteiger partial charge in [0.1, 0.15) is 17.5 Å². The molecule has 134 valence electrons. The van der Waals surface area contributed by atoms with E-state index in [0.29, 0.717) is 24.0 Å². The van der Waals surface area contributed by atoms with E-state index in [1.165, 1.54) is 34.6 Å². The first-order valence-electron chi connectivity index (χ1n) is 8.35. The average Bonchev–Trinajstić information content (AvgIpc) is 3.37. The van der Waals surface area contributed by atoms with Crippen molar-refractivity contribution in [2.45, 2.75) is 18.8 Å². The standard InChI is InChI=1S/C17H17FN6OS/c18-12-3-1-2-11(8-12)17(25)23-6-7-24(13(19)9-23)14(20)16-21-15(22-26-16)10-4-5-10/h1-3,8,10,19-20H,4-7,9H2. The topological polar surface area (TPSA) is 97.0 Å². The van der Waals surface area contributed by atoms with Crippen LogP contribution >= 0.6 is 11.5 Å². The Balaban J connectivity index is 1.43. The van der Waals surface area contributed by atoms with Crippen molar-refractivity contribution in [1.29, 1.82) is 10.8 Å². The average molecular weight is 372 g/mol. The van der Waals surface area contributed by atoms with E-state index in [1.54, 1.807) is 11.0 Å². The van der Waals surface area contributed by atoms with Crippen molar-refractivity contribution >= 4 is 29.1 Å². The normalized spacial score (nSPS) is 17.5. The molecule has 26 heavy (non-hydrogen) atoms. The molecule has 2 aromatic rings. The van der Waals surface area contributed by atoms with Crippen LogP contribution in [0.5, 0.6) is 0 Å². The maximum atomic E-state index is 13.3. The first-order chi connectivity index (χ1) is 12.5. The minimum Gasteiger partial charge on any atom is -0.329 e. The largest absolute Gasteiger partial charge is 0.329 e. The molecule has 1 aliphatic heterocycles. The second kappa shape index (κ2) is 6.56. The fraction of sp³-hybridized carbons (Fsp3) is 0.353. The number of carbonyl (C=O) groups is 1. The Morgan fingerprint density at radius 1 is 1.31 bits per heavy atom. The molecule has 0 spiro atoms. The van der Waals surface area contributed by atoms with Crippen LogP contribution in [0.3, 0.4) is 0 Å². The van der Waals surface area contributed by atoms with Gasteiger partial charge in [0.2, 0.25) is 0 Å². The number of amides is 1. The molecule has 1 aromatic carbocycles. The molecule has 1 aromatic heterocycles. The molecule has 2 fully saturated rings. The van der Waals surface area contributed by atoms with Crippen LogP contribution in [-0.4, -0.2) is 56.4 Å². The highest BCUT2D eigenvalue weighted by Gasteiger charge is 2.32. The molecule has 2 aliphatic rings. The fourth-order valence-corrected chi connectivity index (χ4v) is 3.58. The van der Waals surface area contributed by atoms with E-state index in [2.05, 4.69) is 9.36 Å². The lowest BCUT2D eigenvalue weighted by Crippen LogP contribution is -2.53. The van der Waals surface area contributed by atoms with E-state index in [4.69, 9.17) is 10.8 Å². The van der Waals surface area contributed by atoms with Gasteiger partial charge in [-0.1, -0.05) is 6.07 Å². The Labute approximate surface area is 153 Å². The van der Waals surface area contributed by atoms with E-state index in [0.717, 1.165) is 18.7 Å². The number of amidine groups is 2. The molecule has 9 heteroatoms. The summed E-state index contributed by atoms with van der Waals surface area (Å²) in [6.45, 7) is 0.761. The van der Waals surface area contributed by atoms with Crippen molar-refractivity contribution in [3.8, 4) is 0 Å². The predicted molar refractivity (Wildman–Crippen MR) is 95.4 cm³/mol. The summed E-state index contributed by atoms with van der Waals surface area (Å²) < 4.78 is 17.6. The lowest BCUT2D eigenvalue weighted by molar-refractivity contribution is 0.0757. The Kier molecular flexibility index (Phi) is 4.23. The van der Waals surface area contributed by atoms with Gasteiger partial charge in [-0.3, -0.25) is 15.6 Å². The molecule has 0 bridgehead atoms. The van der Waals surface area contributed by atoms with Crippen molar-refractivity contribution in [2.75, 3.05) is 19.6 Å². The molecule has 7 nitrogen and oxygen atoms in total. The van der Waals surface area contributed by atoms with Crippen LogP contribution in [0.4, 0.5) is 4.39 Å². The number of benzene rings is 1. The molecule has 1 saturated heterocycles. The van der Waals surface area contributed by atoms with Crippen molar-refractivity contribution in [3.63, 3.8) is 0 Å². The number of halogens is 1. The fourth-order valence-electron chi connectivity index (χ4n) is 2.88. The van der Waals surface area contributed by atoms with Gasteiger partial charge in [-0.05, 0) is 42.6 Å². The maximum Gasteiger partial charge on any atom is 0.254 e. The van der Waals surface area contributed by atoms with Crippen LogP contribution in [0.2, 0.25) is 0 Å². The Bertz CT molecular complexity index is 893. The van der Waals surface area contributed by atoms with E-state index >= 15 is 0 Å². The molecule has 1 saturated carbocycles. The zero-order valence-corrected chi connectivity index (χ0v) is 14.7. The highest BCUT2D eigenvalue weighted by molar-refractivity contribution is 7.07. The summed E-state index contributed by atoms with van der Waals surface area (Å²) >= 11 is 1.18. The number of hydrogen-bond acceptors (Lipinski definition) is 6. The third kappa shape index (κ3) is 3.22. The molecule has 0 unspecified atom stereocenters. The minimum atomic E-state index is -0.464. The summed E-state index contributed by atoms with van der Waals surface area (Å²) in [5.41, 5.74) is 0.263. The van der Waals surface area contributed by atoms with Crippen molar-refractivity contribution in [3.05, 3.63) is 46.5 Å². The van der Waals surface area contributed by atoms with Gasteiger partial charge in [0.15, 0.2) is 10.8 Å². The van der Waals surface area contributed by atoms with Crippen LogP contribution < -0.4 is 0 Å². The maximum absolute atomic E-state index is 13.3. The molecular weight excluding hydrogens is 355 g/mol. The van der Waals surface area contributed by atoms with Crippen LogP contribution in [0.1, 0.15) is 39.9 Å². The predicted octanol–water partition coefficient (Wildman–Crippen LogP) is 2.32. The summed E-state index contributed by atoms with van der Waals surface area (Å²) in [5.74, 6) is 0.738. The van der Waals surface area contributed by atoms with Gasteiger partial charge in [0.25, 0.3) is 5.91 Å². The Morgan fingerprint density at radius 3 is 2.81 bits per heavy atom. The number of piperazine rings is 1. The molecular formula is C17H17FN6OS. The lowest BCUT2D eigenvalue weighted by Gasteiger charge is -2.35. The van der Waals surface area contributed by atoms with Gasteiger partial charge >= 0.3 is 0 Å². The summed E-state index contributed by atoms with van der Waals surface area (Å²) in [6.07, 6.45) is 2.19. The summed E-state index contributed by atoms with van der Waals surface area (Å²) in [7, 11) is 0. The Morgan fingerprint density at radius 2 is 2.12 bits per heavy atom. The lowest BCUT2D eigenvalue weighted by atomic mass is 10.1. The smallest absolute Gasteiger partial charge is 0.254 e. The van der Waals surface area contributed by atoms with E-state index in [-0.39, 0.29) is 29.7 Å². The highest BCUT2D eigenvalue weighted by Crippen LogP contribution is 2.38. The van der Waals surface area contributed by atoms with Gasteiger partial charge in [0, 0.05) is 24.6 Å². The highest BCUT2D eigenvalue weighted by atomic mass is 32.1. The number of aromatic nitrogens is 2. The first-order valence-corrected chi connectivity index (χ1v) is 9.12. The Hall–Kier alpha value is -2.68. The minimum absolute atomic E-state index is 0.0754. The SMILES string of the molecule is N=C1CN(C(=O)c2cccc(F)c2)CCN1C(=N)c1nc(C2CC2)ns1. The number of hydrogen-bond donors (Lipinski definition) is 2. The van der Waals surface area contributed by atoms with Gasteiger partial charge in [-0.2, -0.15) is 4.37 Å². The molecule has 0 atom stereocenters. The number of nitrogens with zero attached hydrogens (tertiary/aromatic N) is 4. The second-order valence-electron chi connectivity index (χ2n) is 6.42. The zero-order valence-electron chi connectivity index (χ0n) is 13.9. The van der Waals surface area contributed by atoms with Crippen LogP contribution in [0.15, 0.2) is 24.3 Å². The van der Waals surface area contributed by atoms with Crippen molar-refractivity contribution in [1.82, 2.24) is 19.2 Å². The molecule has 1 aliphatic carbocycles. The van der Waals surface area contributed by atoms with Gasteiger partial charge in [-0.15, -0.1) is 0 Å². The molecule has 2 N–H and O–H groups in total. The summed E-state index contributed by atoms with van der Waals surface area (Å²) in [5, 5.41) is 17.1. The van der Waals surface area contributed by atoms with Gasteiger partial charge in [-0.25, -0.2) is 9.37 Å². The number of carbonyl (C=O) groups excluding carboxylic acids is 1. The second-order valence-corrected chi connectivity index (χ2v) is 7.17. The van der Waals surface area contributed by atoms with E-state index < -0.39 is 5.82 Å². The number of nitrogens with one attached hydrogen (secondary N) is 2. The van der Waals surface area contributed by atoms with Crippen LogP contribution in [-0.2, 0) is 0 Å². The quantitative estimate of drug-likeness (QED) is 0.638. The van der Waals surface area contributed by atoms with Crippen molar-refractivity contribution < 1.29 is 9.18 Å². The van der Waals surface area contributed by atoms with Crippen LogP contribution in [0.25, 0.3) is 0 Å². The molecule has 1 amide bonds. The monoisotopic (exact) mass is 372 g/mol. The van der Waals surface area contributed by atoms with Crippen LogP contribution in [0, 0.1) is 16.6 Å². The molecule has 2 heterocycles. The third-order valence-electron chi connectivity index (χ3n) is 4.48. The molecule has 4 rings (SSSR count). The van der Waals surface area contributed by atoms with E-state index in [1.807, 2.05) is 0 Å². The van der Waals surface area contributed by atoms with E-state index in [9.17, 15) is 9.18 Å². The van der Waals surface area contributed by atoms with Gasteiger partial charge < -0.3 is 9.80 Å². The first kappa shape index (κ1) is 16.8. The number of rotatable bonds is 3. The van der Waals surface area contributed by atoms with Crippen molar-refractivity contribution in [2.24, 2.45) is 0 Å². The summed E-state index contributed by atoms with van der Waals surface area (Å²) in [6, 6.07) is 5.54. The third-order valence-corrected chi connectivity index (χ3v) is 5.21. The van der Waals surface area contributed by atoms with Gasteiger partial charge in [0.05, 0.1) is 6.54 Å². The molecule has 0 radical (unpaired) electrons.